The first-order valence-corrected chi connectivity index (χ1v) is 8.14. The lowest BCUT2D eigenvalue weighted by molar-refractivity contribution is -0.123. The minimum Gasteiger partial charge on any atom is -0.482 e. The van der Waals surface area contributed by atoms with E-state index in [0.29, 0.717) is 21.6 Å². The van der Waals surface area contributed by atoms with Gasteiger partial charge in [-0.15, -0.1) is 0 Å². The summed E-state index contributed by atoms with van der Waals surface area (Å²) in [6.07, 6.45) is 0. The van der Waals surface area contributed by atoms with Crippen molar-refractivity contribution in [3.63, 3.8) is 0 Å². The van der Waals surface area contributed by atoms with Gasteiger partial charge in [-0.2, -0.15) is 0 Å². The van der Waals surface area contributed by atoms with Gasteiger partial charge in [0.25, 0.3) is 5.91 Å². The SMILES string of the molecule is C[C@H](NC(=O)COc1cc(Cl)ccc1Cl)c1cc2ccccc2o1. The van der Waals surface area contributed by atoms with Crippen LogP contribution in [0.4, 0.5) is 0 Å². The molecule has 0 aliphatic heterocycles. The van der Waals surface area contributed by atoms with E-state index in [1.165, 1.54) is 0 Å². The number of halogens is 2. The Morgan fingerprint density at radius 2 is 2.00 bits per heavy atom. The summed E-state index contributed by atoms with van der Waals surface area (Å²) in [6.45, 7) is 1.69. The molecule has 124 valence electrons. The number of fused-ring (bicyclic) bond motifs is 1. The van der Waals surface area contributed by atoms with Gasteiger partial charge in [-0.25, -0.2) is 0 Å². The van der Waals surface area contributed by atoms with Gasteiger partial charge in [-0.05, 0) is 31.2 Å². The number of carbonyl (C=O) groups excluding carboxylic acids is 1. The van der Waals surface area contributed by atoms with Crippen LogP contribution in [0.1, 0.15) is 18.7 Å². The molecule has 1 heterocycles. The van der Waals surface area contributed by atoms with Gasteiger partial charge in [0, 0.05) is 16.5 Å². The fourth-order valence-electron chi connectivity index (χ4n) is 2.30. The van der Waals surface area contributed by atoms with Crippen LogP contribution in [0.15, 0.2) is 52.9 Å². The van der Waals surface area contributed by atoms with E-state index in [1.54, 1.807) is 18.2 Å². The highest BCUT2D eigenvalue weighted by Gasteiger charge is 2.15. The Morgan fingerprint density at radius 3 is 2.79 bits per heavy atom. The Kier molecular flexibility index (Phi) is 4.97. The van der Waals surface area contributed by atoms with Crippen LogP contribution in [0.5, 0.6) is 5.75 Å². The predicted octanol–water partition coefficient (Wildman–Crippen LogP) is 5.00. The average molecular weight is 364 g/mol. The molecule has 24 heavy (non-hydrogen) atoms. The number of nitrogens with one attached hydrogen (secondary N) is 1. The normalized spacial score (nSPS) is 12.1. The number of para-hydroxylation sites is 1. The molecular formula is C18H15Cl2NO3. The maximum absolute atomic E-state index is 12.1. The Bertz CT molecular complexity index is 843. The van der Waals surface area contributed by atoms with Crippen molar-refractivity contribution >= 4 is 40.1 Å². The van der Waals surface area contributed by atoms with Crippen LogP contribution in [-0.2, 0) is 4.79 Å². The third-order valence-corrected chi connectivity index (χ3v) is 4.05. The summed E-state index contributed by atoms with van der Waals surface area (Å²) in [7, 11) is 0. The lowest BCUT2D eigenvalue weighted by Gasteiger charge is -2.12. The van der Waals surface area contributed by atoms with Gasteiger partial charge in [0.15, 0.2) is 6.61 Å². The van der Waals surface area contributed by atoms with E-state index in [9.17, 15) is 4.79 Å². The molecule has 1 aromatic heterocycles. The fourth-order valence-corrected chi connectivity index (χ4v) is 2.64. The second-order valence-electron chi connectivity index (χ2n) is 5.34. The van der Waals surface area contributed by atoms with Gasteiger partial charge < -0.3 is 14.5 Å². The van der Waals surface area contributed by atoms with Crippen LogP contribution in [0, 0.1) is 0 Å². The molecule has 0 aliphatic rings. The maximum Gasteiger partial charge on any atom is 0.258 e. The second kappa shape index (κ2) is 7.16. The molecule has 0 bridgehead atoms. The molecule has 0 spiro atoms. The Morgan fingerprint density at radius 1 is 1.21 bits per heavy atom. The van der Waals surface area contributed by atoms with E-state index in [0.717, 1.165) is 11.0 Å². The molecule has 1 N–H and O–H groups in total. The zero-order valence-electron chi connectivity index (χ0n) is 12.9. The van der Waals surface area contributed by atoms with Crippen molar-refractivity contribution < 1.29 is 13.9 Å². The molecule has 3 aromatic rings. The third-order valence-electron chi connectivity index (χ3n) is 3.50. The van der Waals surface area contributed by atoms with Crippen molar-refractivity contribution in [3.05, 3.63) is 64.3 Å². The molecule has 0 saturated heterocycles. The molecule has 0 unspecified atom stereocenters. The molecule has 0 aliphatic carbocycles. The quantitative estimate of drug-likeness (QED) is 0.694. The number of furan rings is 1. The molecule has 0 saturated carbocycles. The summed E-state index contributed by atoms with van der Waals surface area (Å²) in [4.78, 5) is 12.1. The van der Waals surface area contributed by atoms with Gasteiger partial charge in [-0.1, -0.05) is 41.4 Å². The van der Waals surface area contributed by atoms with Crippen molar-refractivity contribution in [3.8, 4) is 5.75 Å². The van der Waals surface area contributed by atoms with E-state index in [4.69, 9.17) is 32.4 Å². The van der Waals surface area contributed by atoms with Crippen molar-refractivity contribution in [1.29, 1.82) is 0 Å². The molecule has 2 aromatic carbocycles. The summed E-state index contributed by atoms with van der Waals surface area (Å²) >= 11 is 11.9. The van der Waals surface area contributed by atoms with Crippen molar-refractivity contribution in [2.45, 2.75) is 13.0 Å². The predicted molar refractivity (Wildman–Crippen MR) is 94.7 cm³/mol. The number of rotatable bonds is 5. The van der Waals surface area contributed by atoms with E-state index >= 15 is 0 Å². The smallest absolute Gasteiger partial charge is 0.258 e. The molecule has 1 atom stereocenters. The molecule has 3 rings (SSSR count). The van der Waals surface area contributed by atoms with Crippen molar-refractivity contribution in [2.24, 2.45) is 0 Å². The monoisotopic (exact) mass is 363 g/mol. The van der Waals surface area contributed by atoms with Gasteiger partial charge in [-0.3, -0.25) is 4.79 Å². The van der Waals surface area contributed by atoms with E-state index < -0.39 is 0 Å². The van der Waals surface area contributed by atoms with E-state index in [-0.39, 0.29) is 18.6 Å². The molecule has 1 amide bonds. The number of amides is 1. The number of benzene rings is 2. The van der Waals surface area contributed by atoms with Crippen LogP contribution in [0.3, 0.4) is 0 Å². The molecule has 0 radical (unpaired) electrons. The number of ether oxygens (including phenoxy) is 1. The van der Waals surface area contributed by atoms with Gasteiger partial charge >= 0.3 is 0 Å². The highest BCUT2D eigenvalue weighted by molar-refractivity contribution is 6.34. The molecule has 6 heteroatoms. The lowest BCUT2D eigenvalue weighted by atomic mass is 10.2. The van der Waals surface area contributed by atoms with E-state index in [2.05, 4.69) is 5.32 Å². The minimum absolute atomic E-state index is 0.162. The Labute approximate surface area is 149 Å². The topological polar surface area (TPSA) is 51.5 Å². The minimum atomic E-state index is -0.279. The van der Waals surface area contributed by atoms with Crippen LogP contribution in [0.2, 0.25) is 10.0 Å². The number of carbonyl (C=O) groups is 1. The number of hydrogen-bond acceptors (Lipinski definition) is 3. The first-order chi connectivity index (χ1) is 11.5. The van der Waals surface area contributed by atoms with Crippen LogP contribution in [-0.4, -0.2) is 12.5 Å². The highest BCUT2D eigenvalue weighted by Crippen LogP contribution is 2.27. The maximum atomic E-state index is 12.1. The van der Waals surface area contributed by atoms with Crippen LogP contribution >= 0.6 is 23.2 Å². The number of hydrogen-bond donors (Lipinski definition) is 1. The van der Waals surface area contributed by atoms with Crippen LogP contribution < -0.4 is 10.1 Å². The summed E-state index contributed by atoms with van der Waals surface area (Å²) < 4.78 is 11.2. The standard InChI is InChI=1S/C18H15Cl2NO3/c1-11(16-8-12-4-2-3-5-15(12)24-16)21-18(22)10-23-17-9-13(19)6-7-14(17)20/h2-9,11H,10H2,1H3,(H,21,22)/t11-/m0/s1. The highest BCUT2D eigenvalue weighted by atomic mass is 35.5. The molecule has 0 fully saturated rings. The first kappa shape index (κ1) is 16.7. The zero-order chi connectivity index (χ0) is 17.1. The van der Waals surface area contributed by atoms with Crippen LogP contribution in [0.25, 0.3) is 11.0 Å². The average Bonchev–Trinajstić information content (AvgIpc) is 3.00. The molecular weight excluding hydrogens is 349 g/mol. The molecule has 4 nitrogen and oxygen atoms in total. The van der Waals surface area contributed by atoms with Gasteiger partial charge in [0.2, 0.25) is 0 Å². The summed E-state index contributed by atoms with van der Waals surface area (Å²) in [5, 5.41) is 4.72. The Hall–Kier alpha value is -2.17. The fraction of sp³-hybridized carbons (Fsp3) is 0.167. The second-order valence-corrected chi connectivity index (χ2v) is 6.18. The lowest BCUT2D eigenvalue weighted by Crippen LogP contribution is -2.31. The van der Waals surface area contributed by atoms with Gasteiger partial charge in [0.05, 0.1) is 11.1 Å². The van der Waals surface area contributed by atoms with E-state index in [1.807, 2.05) is 37.3 Å². The Balaban J connectivity index is 1.60. The zero-order valence-corrected chi connectivity index (χ0v) is 14.4. The van der Waals surface area contributed by atoms with Gasteiger partial charge in [0.1, 0.15) is 17.1 Å². The third kappa shape index (κ3) is 3.83. The first-order valence-electron chi connectivity index (χ1n) is 7.38. The summed E-state index contributed by atoms with van der Waals surface area (Å²) in [5.41, 5.74) is 0.788. The summed E-state index contributed by atoms with van der Waals surface area (Å²) in [6, 6.07) is 14.2. The summed E-state index contributed by atoms with van der Waals surface area (Å²) in [5.74, 6) is 0.778. The van der Waals surface area contributed by atoms with Crippen molar-refractivity contribution in [2.75, 3.05) is 6.61 Å². The largest absolute Gasteiger partial charge is 0.482 e. The van der Waals surface area contributed by atoms with Crippen molar-refractivity contribution in [1.82, 2.24) is 5.32 Å².